The van der Waals surface area contributed by atoms with Gasteiger partial charge in [0.15, 0.2) is 5.82 Å². The number of aromatic nitrogens is 2. The van der Waals surface area contributed by atoms with Crippen molar-refractivity contribution in [1.29, 1.82) is 0 Å². The molecule has 1 spiro atoms. The van der Waals surface area contributed by atoms with Crippen molar-refractivity contribution >= 4 is 28.6 Å². The third-order valence-corrected chi connectivity index (χ3v) is 7.13. The molecular weight excluding hydrogens is 377 g/mol. The van der Waals surface area contributed by atoms with Gasteiger partial charge in [-0.3, -0.25) is 4.79 Å². The highest BCUT2D eigenvalue weighted by Gasteiger charge is 2.51. The monoisotopic (exact) mass is 397 g/mol. The van der Waals surface area contributed by atoms with E-state index in [1.165, 1.54) is 12.3 Å². The van der Waals surface area contributed by atoms with Gasteiger partial charge in [0, 0.05) is 61.2 Å². The summed E-state index contributed by atoms with van der Waals surface area (Å²) in [4.78, 5) is 18.7. The fourth-order valence-corrected chi connectivity index (χ4v) is 5.63. The molecular formula is C21H20FN3O2S. The molecule has 28 heavy (non-hydrogen) atoms. The number of rotatable bonds is 3. The molecule has 7 heteroatoms. The van der Waals surface area contributed by atoms with E-state index in [0.717, 1.165) is 28.6 Å². The number of aryl methyl sites for hydroxylation is 1. The minimum atomic E-state index is -0.435. The van der Waals surface area contributed by atoms with E-state index in [9.17, 15) is 9.18 Å². The number of nitrogens with zero attached hydrogens (tertiary/aromatic N) is 3. The van der Waals surface area contributed by atoms with Crippen LogP contribution in [-0.2, 0) is 7.05 Å². The molecule has 0 N–H and O–H groups in total. The maximum Gasteiger partial charge on any atom is 0.253 e. The second-order valence-electron chi connectivity index (χ2n) is 7.59. The number of likely N-dealkylation sites (tertiary alicyclic amines) is 1. The average Bonchev–Trinajstić information content (AvgIpc) is 3.26. The lowest BCUT2D eigenvalue weighted by atomic mass is 9.92. The molecule has 0 radical (unpaired) electrons. The molecule has 0 saturated carbocycles. The summed E-state index contributed by atoms with van der Waals surface area (Å²) >= 11 is 1.81. The molecule has 1 aromatic carbocycles. The van der Waals surface area contributed by atoms with Crippen LogP contribution in [-0.4, -0.2) is 50.1 Å². The summed E-state index contributed by atoms with van der Waals surface area (Å²) in [7, 11) is 2.00. The molecule has 3 aromatic rings. The molecule has 1 atom stereocenters. The van der Waals surface area contributed by atoms with Crippen LogP contribution in [0.3, 0.4) is 0 Å². The summed E-state index contributed by atoms with van der Waals surface area (Å²) in [6, 6.07) is 10.8. The van der Waals surface area contributed by atoms with E-state index < -0.39 is 5.82 Å². The Kier molecular flexibility index (Phi) is 4.08. The van der Waals surface area contributed by atoms with Crippen molar-refractivity contribution < 1.29 is 13.9 Å². The van der Waals surface area contributed by atoms with Crippen molar-refractivity contribution in [1.82, 2.24) is 14.5 Å². The Morgan fingerprint density at radius 2 is 2.18 bits per heavy atom. The summed E-state index contributed by atoms with van der Waals surface area (Å²) in [6.45, 7) is 1.40. The van der Waals surface area contributed by atoms with Gasteiger partial charge in [-0.15, -0.1) is 11.8 Å². The molecule has 2 aliphatic heterocycles. The van der Waals surface area contributed by atoms with E-state index in [-0.39, 0.29) is 22.6 Å². The van der Waals surface area contributed by atoms with Crippen molar-refractivity contribution in [3.63, 3.8) is 0 Å². The first-order valence-electron chi connectivity index (χ1n) is 9.29. The van der Waals surface area contributed by atoms with Gasteiger partial charge < -0.3 is 14.2 Å². The van der Waals surface area contributed by atoms with Crippen molar-refractivity contribution in [2.24, 2.45) is 7.05 Å². The van der Waals surface area contributed by atoms with Crippen LogP contribution >= 0.6 is 11.8 Å². The average molecular weight is 397 g/mol. The number of pyridine rings is 1. The fraction of sp³-hybridized carbons (Fsp3) is 0.333. The second-order valence-corrected chi connectivity index (χ2v) is 9.08. The Balaban J connectivity index is 1.23. The van der Waals surface area contributed by atoms with Gasteiger partial charge >= 0.3 is 0 Å². The summed E-state index contributed by atoms with van der Waals surface area (Å²) in [5.74, 6) is 0.481. The topological polar surface area (TPSA) is 47.4 Å². The lowest BCUT2D eigenvalue weighted by Crippen LogP contribution is -2.60. The Bertz CT molecular complexity index is 1060. The molecule has 0 aliphatic carbocycles. The number of ether oxygens (including phenoxy) is 1. The molecule has 5 nitrogen and oxygen atoms in total. The number of fused-ring (bicyclic) bond motifs is 1. The van der Waals surface area contributed by atoms with Crippen LogP contribution in [0.4, 0.5) is 4.39 Å². The van der Waals surface area contributed by atoms with Crippen LogP contribution in [0.1, 0.15) is 16.8 Å². The lowest BCUT2D eigenvalue weighted by Gasteiger charge is -2.47. The molecule has 2 fully saturated rings. The Hall–Kier alpha value is -2.54. The van der Waals surface area contributed by atoms with Gasteiger partial charge in [0.1, 0.15) is 6.10 Å². The van der Waals surface area contributed by atoms with Crippen LogP contribution in [0.5, 0.6) is 5.88 Å². The number of carbonyl (C=O) groups is 1. The molecule has 5 rings (SSSR count). The highest BCUT2D eigenvalue weighted by Crippen LogP contribution is 2.46. The van der Waals surface area contributed by atoms with Gasteiger partial charge in [0.05, 0.1) is 4.75 Å². The Morgan fingerprint density at radius 3 is 3.00 bits per heavy atom. The SMILES string of the molecule is Cn1ccc2cc(C(=O)N3CC4(C[C@H](Oc5ncccc5F)CS4)C3)ccc21. The van der Waals surface area contributed by atoms with Gasteiger partial charge in [-0.1, -0.05) is 0 Å². The summed E-state index contributed by atoms with van der Waals surface area (Å²) < 4.78 is 21.6. The zero-order valence-corrected chi connectivity index (χ0v) is 16.3. The Labute approximate surface area is 166 Å². The largest absolute Gasteiger partial charge is 0.471 e. The van der Waals surface area contributed by atoms with E-state index in [0.29, 0.717) is 13.1 Å². The standard InChI is InChI=1S/C21H20FN3O2S/c1-24-8-6-14-9-15(4-5-18(14)24)20(26)25-12-21(13-25)10-16(11-28-21)27-19-17(22)3-2-7-23-19/h2-9,16H,10-13H2,1H3/t16-/m0/s1. The zero-order valence-electron chi connectivity index (χ0n) is 15.5. The first kappa shape index (κ1) is 17.6. The summed E-state index contributed by atoms with van der Waals surface area (Å²) in [6.07, 6.45) is 4.25. The first-order valence-corrected chi connectivity index (χ1v) is 10.3. The number of thioether (sulfide) groups is 1. The van der Waals surface area contributed by atoms with Crippen LogP contribution in [0, 0.1) is 5.82 Å². The molecule has 0 bridgehead atoms. The van der Waals surface area contributed by atoms with Crippen LogP contribution in [0.15, 0.2) is 48.8 Å². The molecule has 4 heterocycles. The molecule has 0 unspecified atom stereocenters. The predicted octanol–water partition coefficient (Wildman–Crippen LogP) is 3.49. The number of amides is 1. The number of hydrogen-bond acceptors (Lipinski definition) is 4. The first-order chi connectivity index (χ1) is 13.5. The van der Waals surface area contributed by atoms with Gasteiger partial charge in [-0.2, -0.15) is 0 Å². The van der Waals surface area contributed by atoms with Crippen LogP contribution in [0.25, 0.3) is 10.9 Å². The van der Waals surface area contributed by atoms with Gasteiger partial charge in [0.2, 0.25) is 0 Å². The predicted molar refractivity (Wildman–Crippen MR) is 107 cm³/mol. The van der Waals surface area contributed by atoms with Crippen molar-refractivity contribution in [3.8, 4) is 5.88 Å². The van der Waals surface area contributed by atoms with E-state index in [1.807, 2.05) is 58.7 Å². The molecule has 1 amide bonds. The number of carbonyl (C=O) groups excluding carboxylic acids is 1. The number of halogens is 1. The smallest absolute Gasteiger partial charge is 0.253 e. The Morgan fingerprint density at radius 1 is 1.32 bits per heavy atom. The third-order valence-electron chi connectivity index (χ3n) is 5.56. The minimum Gasteiger partial charge on any atom is -0.471 e. The molecule has 2 saturated heterocycles. The molecule has 144 valence electrons. The molecule has 2 aliphatic rings. The third kappa shape index (κ3) is 2.94. The normalized spacial score (nSPS) is 20.5. The summed E-state index contributed by atoms with van der Waals surface area (Å²) in [5, 5.41) is 1.07. The van der Waals surface area contributed by atoms with Gasteiger partial charge in [0.25, 0.3) is 11.8 Å². The van der Waals surface area contributed by atoms with Crippen molar-refractivity contribution in [2.45, 2.75) is 17.3 Å². The second kappa shape index (κ2) is 6.51. The van der Waals surface area contributed by atoms with Crippen LogP contribution in [0.2, 0.25) is 0 Å². The highest BCUT2D eigenvalue weighted by atomic mass is 32.2. The van der Waals surface area contributed by atoms with Gasteiger partial charge in [-0.05, 0) is 36.4 Å². The highest BCUT2D eigenvalue weighted by molar-refractivity contribution is 8.01. The van der Waals surface area contributed by atoms with E-state index in [1.54, 1.807) is 6.07 Å². The van der Waals surface area contributed by atoms with Crippen molar-refractivity contribution in [2.75, 3.05) is 18.8 Å². The minimum absolute atomic E-state index is 0.0163. The van der Waals surface area contributed by atoms with E-state index >= 15 is 0 Å². The molecule has 2 aromatic heterocycles. The lowest BCUT2D eigenvalue weighted by molar-refractivity contribution is 0.0514. The maximum atomic E-state index is 13.8. The zero-order chi connectivity index (χ0) is 19.3. The number of benzene rings is 1. The van der Waals surface area contributed by atoms with E-state index in [4.69, 9.17) is 4.74 Å². The van der Waals surface area contributed by atoms with Crippen LogP contribution < -0.4 is 4.74 Å². The van der Waals surface area contributed by atoms with E-state index in [2.05, 4.69) is 4.98 Å². The summed E-state index contributed by atoms with van der Waals surface area (Å²) in [5.41, 5.74) is 1.84. The number of hydrogen-bond donors (Lipinski definition) is 0. The van der Waals surface area contributed by atoms with Gasteiger partial charge in [-0.25, -0.2) is 9.37 Å². The van der Waals surface area contributed by atoms with Crippen molar-refractivity contribution in [3.05, 3.63) is 60.2 Å². The quantitative estimate of drug-likeness (QED) is 0.679. The maximum absolute atomic E-state index is 13.8. The fourth-order valence-electron chi connectivity index (χ4n) is 4.10.